The van der Waals surface area contributed by atoms with Crippen LogP contribution in [0.15, 0.2) is 6.07 Å². The Morgan fingerprint density at radius 3 is 2.71 bits per heavy atom. The van der Waals surface area contributed by atoms with E-state index in [2.05, 4.69) is 34.8 Å². The van der Waals surface area contributed by atoms with Crippen molar-refractivity contribution in [3.63, 3.8) is 0 Å². The van der Waals surface area contributed by atoms with Crippen molar-refractivity contribution in [3.05, 3.63) is 11.8 Å². The highest BCUT2D eigenvalue weighted by Gasteiger charge is 2.11. The lowest BCUT2D eigenvalue weighted by Gasteiger charge is -2.24. The highest BCUT2D eigenvalue weighted by molar-refractivity contribution is 5.43. The summed E-state index contributed by atoms with van der Waals surface area (Å²) in [5.41, 5.74) is 6.49. The molecule has 1 aromatic rings. The molecule has 0 fully saturated rings. The number of aromatic nitrogens is 2. The van der Waals surface area contributed by atoms with E-state index in [1.54, 1.807) is 0 Å². The summed E-state index contributed by atoms with van der Waals surface area (Å²) in [7, 11) is 0. The zero-order valence-corrected chi connectivity index (χ0v) is 10.6. The van der Waals surface area contributed by atoms with Gasteiger partial charge in [0.05, 0.1) is 12.5 Å². The van der Waals surface area contributed by atoms with Crippen molar-refractivity contribution in [1.82, 2.24) is 9.97 Å². The number of rotatable bonds is 5. The van der Waals surface area contributed by atoms with Gasteiger partial charge in [-0.15, -0.1) is 0 Å². The van der Waals surface area contributed by atoms with Gasteiger partial charge in [-0.25, -0.2) is 4.98 Å². The molecule has 17 heavy (non-hydrogen) atoms. The molecule has 0 atom stereocenters. The second-order valence-corrected chi connectivity index (χ2v) is 4.47. The van der Waals surface area contributed by atoms with E-state index in [0.29, 0.717) is 18.9 Å². The number of nitrogens with zero attached hydrogens (tertiary/aromatic N) is 4. The number of aryl methyl sites for hydroxylation is 1. The molecule has 0 saturated carbocycles. The minimum Gasteiger partial charge on any atom is -0.368 e. The Labute approximate surface area is 102 Å². The smallest absolute Gasteiger partial charge is 0.222 e. The molecule has 0 aliphatic carbocycles. The molecule has 5 nitrogen and oxygen atoms in total. The molecule has 2 N–H and O–H groups in total. The molecule has 1 rings (SSSR count). The molecule has 0 amide bonds. The summed E-state index contributed by atoms with van der Waals surface area (Å²) in [6.45, 7) is 7.69. The summed E-state index contributed by atoms with van der Waals surface area (Å²) < 4.78 is 0. The minimum absolute atomic E-state index is 0.283. The Kier molecular flexibility index (Phi) is 4.70. The van der Waals surface area contributed by atoms with Crippen molar-refractivity contribution in [1.29, 1.82) is 5.26 Å². The molecular formula is C12H19N5. The third kappa shape index (κ3) is 4.27. The SMILES string of the molecule is Cc1cc(N(CCC#N)CC(C)C)nc(N)n1. The summed E-state index contributed by atoms with van der Waals surface area (Å²) in [5, 5.41) is 8.67. The molecular weight excluding hydrogens is 214 g/mol. The average molecular weight is 233 g/mol. The van der Waals surface area contributed by atoms with E-state index in [4.69, 9.17) is 11.0 Å². The van der Waals surface area contributed by atoms with Crippen molar-refractivity contribution >= 4 is 11.8 Å². The van der Waals surface area contributed by atoms with Crippen LogP contribution in [0.3, 0.4) is 0 Å². The maximum absolute atomic E-state index is 8.67. The molecule has 5 heteroatoms. The number of hydrogen-bond donors (Lipinski definition) is 1. The molecule has 1 heterocycles. The Bertz CT molecular complexity index is 388. The van der Waals surface area contributed by atoms with Gasteiger partial charge in [-0.05, 0) is 12.8 Å². The Morgan fingerprint density at radius 2 is 2.18 bits per heavy atom. The van der Waals surface area contributed by atoms with Gasteiger partial charge in [0.15, 0.2) is 0 Å². The molecule has 0 saturated heterocycles. The maximum atomic E-state index is 8.67. The summed E-state index contributed by atoms with van der Waals surface area (Å²) in [6, 6.07) is 4.05. The lowest BCUT2D eigenvalue weighted by atomic mass is 10.2. The zero-order chi connectivity index (χ0) is 12.8. The van der Waals surface area contributed by atoms with Gasteiger partial charge in [-0.1, -0.05) is 13.8 Å². The van der Waals surface area contributed by atoms with Gasteiger partial charge in [0, 0.05) is 24.8 Å². The molecule has 0 bridgehead atoms. The van der Waals surface area contributed by atoms with Crippen LogP contribution in [0.1, 0.15) is 26.0 Å². The quantitative estimate of drug-likeness (QED) is 0.838. The summed E-state index contributed by atoms with van der Waals surface area (Å²) in [5.74, 6) is 1.59. The van der Waals surface area contributed by atoms with Crippen LogP contribution < -0.4 is 10.6 Å². The highest BCUT2D eigenvalue weighted by Crippen LogP contribution is 2.15. The van der Waals surface area contributed by atoms with Crippen LogP contribution in [-0.2, 0) is 0 Å². The lowest BCUT2D eigenvalue weighted by Crippen LogP contribution is -2.29. The molecule has 0 aliphatic heterocycles. The highest BCUT2D eigenvalue weighted by atomic mass is 15.2. The van der Waals surface area contributed by atoms with Crippen molar-refractivity contribution in [2.75, 3.05) is 23.7 Å². The monoisotopic (exact) mass is 233 g/mol. The number of nitrogen functional groups attached to an aromatic ring is 1. The second kappa shape index (κ2) is 6.04. The van der Waals surface area contributed by atoms with Crippen LogP contribution in [-0.4, -0.2) is 23.1 Å². The fourth-order valence-corrected chi connectivity index (χ4v) is 1.66. The van der Waals surface area contributed by atoms with Gasteiger partial charge in [0.25, 0.3) is 0 Å². The van der Waals surface area contributed by atoms with Gasteiger partial charge >= 0.3 is 0 Å². The van der Waals surface area contributed by atoms with Gasteiger partial charge in [0.1, 0.15) is 5.82 Å². The number of nitrogens with two attached hydrogens (primary N) is 1. The van der Waals surface area contributed by atoms with Crippen LogP contribution in [0.5, 0.6) is 0 Å². The summed E-state index contributed by atoms with van der Waals surface area (Å²) in [6.07, 6.45) is 0.482. The number of hydrogen-bond acceptors (Lipinski definition) is 5. The van der Waals surface area contributed by atoms with Gasteiger partial charge in [-0.3, -0.25) is 0 Å². The van der Waals surface area contributed by atoms with E-state index >= 15 is 0 Å². The summed E-state index contributed by atoms with van der Waals surface area (Å²) >= 11 is 0. The first-order chi connectivity index (χ1) is 8.02. The minimum atomic E-state index is 0.283. The van der Waals surface area contributed by atoms with Crippen LogP contribution >= 0.6 is 0 Å². The van der Waals surface area contributed by atoms with E-state index in [1.807, 2.05) is 13.0 Å². The van der Waals surface area contributed by atoms with E-state index in [1.165, 1.54) is 0 Å². The standard InChI is InChI=1S/C12H19N5/c1-9(2)8-17(6-4-5-13)11-7-10(3)15-12(14)16-11/h7,9H,4,6,8H2,1-3H3,(H2,14,15,16). The third-order valence-electron chi connectivity index (χ3n) is 2.26. The van der Waals surface area contributed by atoms with Crippen molar-refractivity contribution < 1.29 is 0 Å². The first kappa shape index (κ1) is 13.2. The van der Waals surface area contributed by atoms with Crippen molar-refractivity contribution in [2.24, 2.45) is 5.92 Å². The predicted molar refractivity (Wildman–Crippen MR) is 68.5 cm³/mol. The van der Waals surface area contributed by atoms with Crippen molar-refractivity contribution in [2.45, 2.75) is 27.2 Å². The van der Waals surface area contributed by atoms with Crippen LogP contribution in [0, 0.1) is 24.2 Å². The first-order valence-electron chi connectivity index (χ1n) is 5.76. The van der Waals surface area contributed by atoms with Crippen LogP contribution in [0.4, 0.5) is 11.8 Å². The molecule has 0 unspecified atom stereocenters. The van der Waals surface area contributed by atoms with Gasteiger partial charge < -0.3 is 10.6 Å². The van der Waals surface area contributed by atoms with Crippen LogP contribution in [0.25, 0.3) is 0 Å². The molecule has 1 aromatic heterocycles. The lowest BCUT2D eigenvalue weighted by molar-refractivity contribution is 0.607. The van der Waals surface area contributed by atoms with Gasteiger partial charge in [-0.2, -0.15) is 10.2 Å². The Balaban J connectivity index is 2.91. The predicted octanol–water partition coefficient (Wildman–Crippen LogP) is 1.74. The molecule has 92 valence electrons. The normalized spacial score (nSPS) is 10.3. The Hall–Kier alpha value is -1.83. The fraction of sp³-hybridized carbons (Fsp3) is 0.583. The number of anilines is 2. The third-order valence-corrected chi connectivity index (χ3v) is 2.26. The van der Waals surface area contributed by atoms with E-state index in [-0.39, 0.29) is 5.95 Å². The largest absolute Gasteiger partial charge is 0.368 e. The van der Waals surface area contributed by atoms with E-state index < -0.39 is 0 Å². The van der Waals surface area contributed by atoms with Crippen LogP contribution in [0.2, 0.25) is 0 Å². The van der Waals surface area contributed by atoms with E-state index in [9.17, 15) is 0 Å². The second-order valence-electron chi connectivity index (χ2n) is 4.47. The summed E-state index contributed by atoms with van der Waals surface area (Å²) in [4.78, 5) is 10.4. The first-order valence-corrected chi connectivity index (χ1v) is 5.76. The maximum Gasteiger partial charge on any atom is 0.222 e. The molecule has 0 spiro atoms. The average Bonchev–Trinajstić information content (AvgIpc) is 2.22. The molecule has 0 aliphatic rings. The van der Waals surface area contributed by atoms with Crippen molar-refractivity contribution in [3.8, 4) is 6.07 Å². The number of nitriles is 1. The fourth-order valence-electron chi connectivity index (χ4n) is 1.66. The zero-order valence-electron chi connectivity index (χ0n) is 10.6. The Morgan fingerprint density at radius 1 is 1.47 bits per heavy atom. The topological polar surface area (TPSA) is 78.8 Å². The van der Waals surface area contributed by atoms with E-state index in [0.717, 1.165) is 18.1 Å². The molecule has 0 aromatic carbocycles. The van der Waals surface area contributed by atoms with Gasteiger partial charge in [0.2, 0.25) is 5.95 Å². The molecule has 0 radical (unpaired) electrons.